The predicted octanol–water partition coefficient (Wildman–Crippen LogP) is 1.63. The van der Waals surface area contributed by atoms with E-state index in [4.69, 9.17) is 5.11 Å². The number of hydrogen-bond acceptors (Lipinski definition) is 3. The molecule has 1 rings (SSSR count). The van der Waals surface area contributed by atoms with E-state index in [-0.39, 0.29) is 17.3 Å². The molecule has 2 amide bonds. The van der Waals surface area contributed by atoms with Gasteiger partial charge in [0, 0.05) is 24.4 Å². The lowest BCUT2D eigenvalue weighted by atomic mass is 10.2. The van der Waals surface area contributed by atoms with Crippen LogP contribution in [0.15, 0.2) is 0 Å². The largest absolute Gasteiger partial charge is 0.481 e. The van der Waals surface area contributed by atoms with Crippen LogP contribution < -0.4 is 5.32 Å². The van der Waals surface area contributed by atoms with Crippen LogP contribution in [0.3, 0.4) is 0 Å². The second kappa shape index (κ2) is 6.31. The molecule has 0 heterocycles. The van der Waals surface area contributed by atoms with Gasteiger partial charge >= 0.3 is 12.0 Å². The number of aliphatic carboxylic acids is 1. The summed E-state index contributed by atoms with van der Waals surface area (Å²) in [5.74, 6) is -1.41. The number of urea groups is 1. The monoisotopic (exact) mass is 274 g/mol. The van der Waals surface area contributed by atoms with Crippen LogP contribution in [0.25, 0.3) is 0 Å². The molecule has 0 aromatic carbocycles. The van der Waals surface area contributed by atoms with Gasteiger partial charge in [-0.15, -0.1) is 0 Å². The van der Waals surface area contributed by atoms with E-state index < -0.39 is 11.9 Å². The molecule has 2 N–H and O–H groups in total. The van der Waals surface area contributed by atoms with Crippen molar-refractivity contribution >= 4 is 23.8 Å². The maximum Gasteiger partial charge on any atom is 0.317 e. The molecule has 1 fully saturated rings. The SMILES string of the molecule is CCN(CC(C)C(=O)O)C(=O)NCC1(SC)CC1. The lowest BCUT2D eigenvalue weighted by molar-refractivity contribution is -0.141. The third-order valence-electron chi connectivity index (χ3n) is 3.39. The molecule has 104 valence electrons. The zero-order chi connectivity index (χ0) is 13.8. The Morgan fingerprint density at radius 2 is 2.11 bits per heavy atom. The van der Waals surface area contributed by atoms with Crippen molar-refractivity contribution in [1.82, 2.24) is 10.2 Å². The van der Waals surface area contributed by atoms with Crippen molar-refractivity contribution in [2.75, 3.05) is 25.9 Å². The van der Waals surface area contributed by atoms with Gasteiger partial charge in [-0.25, -0.2) is 4.79 Å². The minimum Gasteiger partial charge on any atom is -0.481 e. The van der Waals surface area contributed by atoms with E-state index in [1.165, 1.54) is 0 Å². The van der Waals surface area contributed by atoms with Crippen LogP contribution in [0.5, 0.6) is 0 Å². The van der Waals surface area contributed by atoms with Crippen LogP contribution in [0.4, 0.5) is 4.79 Å². The van der Waals surface area contributed by atoms with E-state index in [2.05, 4.69) is 11.6 Å². The van der Waals surface area contributed by atoms with Crippen molar-refractivity contribution in [1.29, 1.82) is 0 Å². The molecule has 6 heteroatoms. The molecule has 1 saturated carbocycles. The fourth-order valence-electron chi connectivity index (χ4n) is 1.71. The first-order valence-corrected chi connectivity index (χ1v) is 7.47. The Balaban J connectivity index is 2.39. The summed E-state index contributed by atoms with van der Waals surface area (Å²) in [5.41, 5.74) is 0. The Bertz CT molecular complexity index is 318. The maximum atomic E-state index is 11.9. The average Bonchev–Trinajstić information content (AvgIpc) is 3.13. The van der Waals surface area contributed by atoms with Crippen molar-refractivity contribution in [3.63, 3.8) is 0 Å². The number of thioether (sulfide) groups is 1. The van der Waals surface area contributed by atoms with Gasteiger partial charge in [0.1, 0.15) is 0 Å². The fraction of sp³-hybridized carbons (Fsp3) is 0.833. The molecule has 0 bridgehead atoms. The molecule has 0 aromatic rings. The third-order valence-corrected chi connectivity index (χ3v) is 4.81. The number of carbonyl (C=O) groups excluding carboxylic acids is 1. The molecule has 1 aliphatic carbocycles. The minimum absolute atomic E-state index is 0.161. The zero-order valence-corrected chi connectivity index (χ0v) is 12.0. The zero-order valence-electron chi connectivity index (χ0n) is 11.2. The summed E-state index contributed by atoms with van der Waals surface area (Å²) in [5, 5.41) is 11.8. The fourth-order valence-corrected chi connectivity index (χ4v) is 2.43. The highest BCUT2D eigenvalue weighted by Gasteiger charge is 2.42. The summed E-state index contributed by atoms with van der Waals surface area (Å²) in [4.78, 5) is 24.3. The van der Waals surface area contributed by atoms with E-state index in [1.54, 1.807) is 23.6 Å². The summed E-state index contributed by atoms with van der Waals surface area (Å²) in [6.07, 6.45) is 4.35. The van der Waals surface area contributed by atoms with Crippen LogP contribution in [0, 0.1) is 5.92 Å². The maximum absolute atomic E-state index is 11.9. The smallest absolute Gasteiger partial charge is 0.317 e. The molecule has 18 heavy (non-hydrogen) atoms. The first kappa shape index (κ1) is 15.1. The minimum atomic E-state index is -0.871. The van der Waals surface area contributed by atoms with Crippen molar-refractivity contribution in [2.45, 2.75) is 31.4 Å². The Labute approximate surface area is 112 Å². The standard InChI is InChI=1S/C12H22N2O3S/c1-4-14(7-9(2)10(15)16)11(17)13-8-12(18-3)5-6-12/h9H,4-8H2,1-3H3,(H,13,17)(H,15,16). The quantitative estimate of drug-likeness (QED) is 0.740. The number of carbonyl (C=O) groups is 2. The highest BCUT2D eigenvalue weighted by atomic mass is 32.2. The van der Waals surface area contributed by atoms with E-state index in [9.17, 15) is 9.59 Å². The van der Waals surface area contributed by atoms with Gasteiger partial charge in [-0.3, -0.25) is 4.79 Å². The molecule has 0 aromatic heterocycles. The van der Waals surface area contributed by atoms with Gasteiger partial charge in [-0.05, 0) is 26.0 Å². The number of nitrogens with zero attached hydrogens (tertiary/aromatic N) is 1. The lowest BCUT2D eigenvalue weighted by Gasteiger charge is -2.24. The van der Waals surface area contributed by atoms with Crippen molar-refractivity contribution in [3.05, 3.63) is 0 Å². The second-order valence-electron chi connectivity index (χ2n) is 4.82. The summed E-state index contributed by atoms with van der Waals surface area (Å²) in [7, 11) is 0. The van der Waals surface area contributed by atoms with Crippen LogP contribution >= 0.6 is 11.8 Å². The van der Waals surface area contributed by atoms with E-state index >= 15 is 0 Å². The summed E-state index contributed by atoms with van der Waals surface area (Å²) >= 11 is 1.79. The number of carboxylic acid groups (broad SMARTS) is 1. The molecule has 0 aliphatic heterocycles. The van der Waals surface area contributed by atoms with Gasteiger partial charge in [-0.2, -0.15) is 11.8 Å². The number of rotatable bonds is 7. The number of amides is 2. The first-order valence-electron chi connectivity index (χ1n) is 6.25. The van der Waals surface area contributed by atoms with Gasteiger partial charge in [0.15, 0.2) is 0 Å². The molecule has 0 spiro atoms. The highest BCUT2D eigenvalue weighted by molar-refractivity contribution is 8.00. The molecule has 1 aliphatic rings. The Kier molecular flexibility index (Phi) is 5.31. The molecule has 0 radical (unpaired) electrons. The van der Waals surface area contributed by atoms with Gasteiger partial charge in [0.2, 0.25) is 0 Å². The van der Waals surface area contributed by atoms with Gasteiger partial charge in [-0.1, -0.05) is 6.92 Å². The number of nitrogens with one attached hydrogen (secondary N) is 1. The molecular formula is C12H22N2O3S. The van der Waals surface area contributed by atoms with Gasteiger partial charge < -0.3 is 15.3 Å². The molecule has 0 saturated heterocycles. The average molecular weight is 274 g/mol. The lowest BCUT2D eigenvalue weighted by Crippen LogP contribution is -2.45. The van der Waals surface area contributed by atoms with Crippen molar-refractivity contribution in [2.24, 2.45) is 5.92 Å². The molecule has 5 nitrogen and oxygen atoms in total. The normalized spacial score (nSPS) is 17.9. The topological polar surface area (TPSA) is 69.6 Å². The molecular weight excluding hydrogens is 252 g/mol. The van der Waals surface area contributed by atoms with Crippen molar-refractivity contribution < 1.29 is 14.7 Å². The number of hydrogen-bond donors (Lipinski definition) is 2. The Hall–Kier alpha value is -0.910. The molecule has 1 unspecified atom stereocenters. The first-order chi connectivity index (χ1) is 8.44. The van der Waals surface area contributed by atoms with E-state index in [0.717, 1.165) is 12.8 Å². The van der Waals surface area contributed by atoms with E-state index in [1.807, 2.05) is 6.92 Å². The van der Waals surface area contributed by atoms with E-state index in [0.29, 0.717) is 13.1 Å². The van der Waals surface area contributed by atoms with Crippen molar-refractivity contribution in [3.8, 4) is 0 Å². The van der Waals surface area contributed by atoms with Crippen LogP contribution in [-0.2, 0) is 4.79 Å². The highest BCUT2D eigenvalue weighted by Crippen LogP contribution is 2.46. The van der Waals surface area contributed by atoms with Gasteiger partial charge in [0.05, 0.1) is 5.92 Å². The van der Waals surface area contributed by atoms with Gasteiger partial charge in [0.25, 0.3) is 0 Å². The predicted molar refractivity (Wildman–Crippen MR) is 72.9 cm³/mol. The summed E-state index contributed by atoms with van der Waals surface area (Å²) < 4.78 is 0.230. The van der Waals surface area contributed by atoms with Crippen LogP contribution in [-0.4, -0.2) is 52.6 Å². The molecule has 1 atom stereocenters. The Morgan fingerprint density at radius 1 is 1.50 bits per heavy atom. The van der Waals surface area contributed by atoms with Crippen LogP contribution in [0.1, 0.15) is 26.7 Å². The Morgan fingerprint density at radius 3 is 2.50 bits per heavy atom. The second-order valence-corrected chi connectivity index (χ2v) is 6.10. The van der Waals surface area contributed by atoms with Crippen LogP contribution in [0.2, 0.25) is 0 Å². The number of carboxylic acids is 1. The summed E-state index contributed by atoms with van der Waals surface area (Å²) in [6.45, 7) is 4.92. The summed E-state index contributed by atoms with van der Waals surface area (Å²) in [6, 6.07) is -0.161. The third kappa shape index (κ3) is 4.08.